The monoisotopic (exact) mass is 629 g/mol. The van der Waals surface area contributed by atoms with Crippen molar-refractivity contribution in [3.63, 3.8) is 0 Å². The molecule has 12 heteroatoms. The third-order valence-corrected chi connectivity index (χ3v) is 8.41. The van der Waals surface area contributed by atoms with E-state index in [1.165, 1.54) is 49.7 Å². The van der Waals surface area contributed by atoms with Gasteiger partial charge in [0.05, 0.1) is 24.8 Å². The van der Waals surface area contributed by atoms with Gasteiger partial charge in [0, 0.05) is 22.2 Å². The number of ether oxygens (including phenoxy) is 2. The predicted molar refractivity (Wildman–Crippen MR) is 160 cm³/mol. The van der Waals surface area contributed by atoms with Gasteiger partial charge in [-0.25, -0.2) is 18.2 Å². The molecule has 0 atom stereocenters. The molecule has 0 unspecified atom stereocenters. The van der Waals surface area contributed by atoms with Gasteiger partial charge >= 0.3 is 0 Å². The average Bonchev–Trinajstić information content (AvgIpc) is 2.98. The van der Waals surface area contributed by atoms with E-state index in [4.69, 9.17) is 32.7 Å². The highest BCUT2D eigenvalue weighted by atomic mass is 35.5. The van der Waals surface area contributed by atoms with Crippen molar-refractivity contribution in [1.29, 1.82) is 0 Å². The molecular weight excluding hydrogens is 604 g/mol. The highest BCUT2D eigenvalue weighted by molar-refractivity contribution is 7.89. The number of hydrogen-bond acceptors (Lipinski definition) is 6. The summed E-state index contributed by atoms with van der Waals surface area (Å²) < 4.78 is 53.5. The number of halogens is 3. The molecular formula is C30H26Cl2FN3O5S. The Labute approximate surface area is 253 Å². The fraction of sp³-hybridized carbons (Fsp3) is 0.133. The Balaban J connectivity index is 1.47. The lowest BCUT2D eigenvalue weighted by atomic mass is 10.2. The third kappa shape index (κ3) is 8.07. The Hall–Kier alpha value is -3.96. The predicted octanol–water partition coefficient (Wildman–Crippen LogP) is 6.06. The molecule has 0 aromatic heterocycles. The topological polar surface area (TPSA) is 97.3 Å². The molecule has 0 aliphatic heterocycles. The Morgan fingerprint density at radius 2 is 1.71 bits per heavy atom. The van der Waals surface area contributed by atoms with Gasteiger partial charge < -0.3 is 9.47 Å². The second kappa shape index (κ2) is 14.3. The van der Waals surface area contributed by atoms with Gasteiger partial charge in [-0.05, 0) is 65.7 Å². The number of rotatable bonds is 12. The number of amides is 1. The van der Waals surface area contributed by atoms with Crippen LogP contribution in [0.1, 0.15) is 16.7 Å². The first-order valence-electron chi connectivity index (χ1n) is 12.5. The van der Waals surface area contributed by atoms with Crippen molar-refractivity contribution in [3.8, 4) is 11.5 Å². The van der Waals surface area contributed by atoms with E-state index in [0.717, 1.165) is 15.9 Å². The quantitative estimate of drug-likeness (QED) is 0.152. The number of nitrogens with zero attached hydrogens (tertiary/aromatic N) is 2. The summed E-state index contributed by atoms with van der Waals surface area (Å²) in [6.45, 7) is -0.800. The molecule has 8 nitrogen and oxygen atoms in total. The SMILES string of the molecule is COc1cc(/C=N\NC(=O)CN(Cc2c(F)cccc2Cl)S(=O)(=O)c2ccc(Cl)cc2)ccc1OCc1ccccc1. The van der Waals surface area contributed by atoms with Crippen LogP contribution < -0.4 is 14.9 Å². The molecule has 0 bridgehead atoms. The fourth-order valence-electron chi connectivity index (χ4n) is 3.83. The normalized spacial score (nSPS) is 11.5. The van der Waals surface area contributed by atoms with Crippen LogP contribution in [0.3, 0.4) is 0 Å². The van der Waals surface area contributed by atoms with Crippen molar-refractivity contribution in [3.05, 3.63) is 124 Å². The number of benzene rings is 4. The van der Waals surface area contributed by atoms with Crippen LogP contribution >= 0.6 is 23.2 Å². The minimum atomic E-state index is -4.25. The molecule has 0 aliphatic rings. The lowest BCUT2D eigenvalue weighted by molar-refractivity contribution is -0.121. The molecule has 0 aliphatic carbocycles. The highest BCUT2D eigenvalue weighted by Gasteiger charge is 2.28. The van der Waals surface area contributed by atoms with Crippen LogP contribution in [0.15, 0.2) is 101 Å². The van der Waals surface area contributed by atoms with Crippen molar-refractivity contribution < 1.29 is 27.1 Å². The maximum Gasteiger partial charge on any atom is 0.255 e. The number of sulfonamides is 1. The first-order chi connectivity index (χ1) is 20.2. The second-order valence-corrected chi connectivity index (χ2v) is 11.7. The summed E-state index contributed by atoms with van der Waals surface area (Å²) in [6.07, 6.45) is 1.37. The molecule has 0 saturated carbocycles. The number of hydrazone groups is 1. The van der Waals surface area contributed by atoms with E-state index in [1.54, 1.807) is 18.2 Å². The minimum absolute atomic E-state index is 0.0230. The molecule has 1 amide bonds. The number of methoxy groups -OCH3 is 1. The van der Waals surface area contributed by atoms with E-state index in [2.05, 4.69) is 10.5 Å². The van der Waals surface area contributed by atoms with Crippen molar-refractivity contribution >= 4 is 45.3 Å². The van der Waals surface area contributed by atoms with Gasteiger partial charge in [0.25, 0.3) is 5.91 Å². The van der Waals surface area contributed by atoms with Gasteiger partial charge in [-0.1, -0.05) is 59.6 Å². The lowest BCUT2D eigenvalue weighted by Crippen LogP contribution is -2.39. The van der Waals surface area contributed by atoms with E-state index in [-0.39, 0.29) is 15.5 Å². The molecule has 0 spiro atoms. The summed E-state index contributed by atoms with van der Waals surface area (Å²) in [7, 11) is -2.75. The summed E-state index contributed by atoms with van der Waals surface area (Å²) in [5.41, 5.74) is 3.82. The third-order valence-electron chi connectivity index (χ3n) is 6.00. The Morgan fingerprint density at radius 1 is 0.976 bits per heavy atom. The van der Waals surface area contributed by atoms with Crippen LogP contribution in [0.25, 0.3) is 0 Å². The molecule has 0 heterocycles. The number of nitrogens with one attached hydrogen (secondary N) is 1. The van der Waals surface area contributed by atoms with E-state index in [9.17, 15) is 17.6 Å². The molecule has 0 radical (unpaired) electrons. The van der Waals surface area contributed by atoms with Gasteiger partial charge in [-0.3, -0.25) is 4.79 Å². The standard InChI is InChI=1S/C30H26Cl2FN3O5S/c1-40-29-16-22(10-15-28(29)41-20-21-6-3-2-4-7-21)17-34-35-30(37)19-36(18-25-26(32)8-5-9-27(25)33)42(38,39)24-13-11-23(31)12-14-24/h2-17H,18-20H2,1H3,(H,35,37)/b34-17-. The van der Waals surface area contributed by atoms with Crippen molar-refractivity contribution in [2.75, 3.05) is 13.7 Å². The van der Waals surface area contributed by atoms with Crippen molar-refractivity contribution in [1.82, 2.24) is 9.73 Å². The van der Waals surface area contributed by atoms with E-state index < -0.39 is 34.8 Å². The van der Waals surface area contributed by atoms with Gasteiger partial charge in [-0.2, -0.15) is 9.41 Å². The summed E-state index contributed by atoms with van der Waals surface area (Å²) in [4.78, 5) is 12.7. The van der Waals surface area contributed by atoms with E-state index in [1.807, 2.05) is 30.3 Å². The number of hydrogen-bond donors (Lipinski definition) is 1. The van der Waals surface area contributed by atoms with Crippen LogP contribution in [0, 0.1) is 5.82 Å². The minimum Gasteiger partial charge on any atom is -0.493 e. The first-order valence-corrected chi connectivity index (χ1v) is 14.7. The second-order valence-electron chi connectivity index (χ2n) is 8.90. The first kappa shape index (κ1) is 31.0. The molecule has 4 aromatic carbocycles. The zero-order valence-corrected chi connectivity index (χ0v) is 24.7. The van der Waals surface area contributed by atoms with Gasteiger partial charge in [0.15, 0.2) is 11.5 Å². The smallest absolute Gasteiger partial charge is 0.255 e. The van der Waals surface area contributed by atoms with Crippen molar-refractivity contribution in [2.24, 2.45) is 5.10 Å². The van der Waals surface area contributed by atoms with Crippen LogP contribution in [0.4, 0.5) is 4.39 Å². The maximum atomic E-state index is 14.5. The van der Waals surface area contributed by atoms with Crippen LogP contribution in [0.5, 0.6) is 11.5 Å². The molecule has 42 heavy (non-hydrogen) atoms. The molecule has 1 N–H and O–H groups in total. The fourth-order valence-corrected chi connectivity index (χ4v) is 5.55. The summed E-state index contributed by atoms with van der Waals surface area (Å²) in [6, 6.07) is 24.2. The van der Waals surface area contributed by atoms with Crippen LogP contribution in [0.2, 0.25) is 10.0 Å². The number of carbonyl (C=O) groups excluding carboxylic acids is 1. The zero-order chi connectivity index (χ0) is 30.1. The van der Waals surface area contributed by atoms with E-state index >= 15 is 0 Å². The van der Waals surface area contributed by atoms with Gasteiger partial charge in [0.2, 0.25) is 10.0 Å². The largest absolute Gasteiger partial charge is 0.493 e. The molecule has 4 rings (SSSR count). The summed E-state index contributed by atoms with van der Waals surface area (Å²) >= 11 is 12.0. The molecule has 0 saturated heterocycles. The Kier molecular flexibility index (Phi) is 10.5. The maximum absolute atomic E-state index is 14.5. The Morgan fingerprint density at radius 3 is 2.40 bits per heavy atom. The number of carbonyl (C=O) groups is 1. The highest BCUT2D eigenvalue weighted by Crippen LogP contribution is 2.29. The zero-order valence-electron chi connectivity index (χ0n) is 22.3. The van der Waals surface area contributed by atoms with Gasteiger partial charge in [0.1, 0.15) is 12.4 Å². The lowest BCUT2D eigenvalue weighted by Gasteiger charge is -2.22. The average molecular weight is 631 g/mol. The molecule has 4 aromatic rings. The molecule has 0 fully saturated rings. The van der Waals surface area contributed by atoms with Crippen LogP contribution in [-0.4, -0.2) is 38.5 Å². The van der Waals surface area contributed by atoms with Crippen LogP contribution in [-0.2, 0) is 28.0 Å². The van der Waals surface area contributed by atoms with Crippen molar-refractivity contribution in [2.45, 2.75) is 18.0 Å². The van der Waals surface area contributed by atoms with E-state index in [0.29, 0.717) is 28.7 Å². The summed E-state index contributed by atoms with van der Waals surface area (Å²) in [5, 5.41) is 4.30. The Bertz CT molecular complexity index is 1650. The molecule has 218 valence electrons. The summed E-state index contributed by atoms with van der Waals surface area (Å²) in [5.74, 6) is -0.478. The van der Waals surface area contributed by atoms with Gasteiger partial charge in [-0.15, -0.1) is 0 Å².